The molecule has 5 aromatic rings. The van der Waals surface area contributed by atoms with E-state index in [1.54, 1.807) is 96.4 Å². The number of carbonyl (C=O) groups is 7. The standard InChI is InChI=1S/C46H45N5O11S/c1-62-46(61)31-17-15-30(16-18-31)29-13-9-27(10-14-29)23-35-40(54)48-34(22-26-6-3-2-4-7-26)41(55)51-37(45(59)60)24-28-11-19-32(20-12-28)47-43(57)38(52)39(53)44(58)50-36(42(56)49-35)25-33-8-5-21-63-33/h2-21,34-39,52-53H,22-25H2,1H3,(H,47,57)(H,48,54)(H,49,56)(H,50,58)(H,51,55)(H,59,60)/t34-,35+,36-,37+,38-,39-/m1/s1. The Labute approximate surface area is 365 Å². The highest BCUT2D eigenvalue weighted by Gasteiger charge is 2.36. The number of hydrogen-bond donors (Lipinski definition) is 8. The van der Waals surface area contributed by atoms with Crippen molar-refractivity contribution in [3.8, 4) is 11.1 Å². The molecule has 16 nitrogen and oxygen atoms in total. The molecule has 0 saturated heterocycles. The van der Waals surface area contributed by atoms with Crippen LogP contribution in [0.2, 0.25) is 0 Å². The van der Waals surface area contributed by atoms with Gasteiger partial charge in [0.05, 0.1) is 12.7 Å². The third kappa shape index (κ3) is 12.2. The Bertz CT molecular complexity index is 2410. The molecule has 2 aliphatic rings. The Hall–Kier alpha value is -7.21. The van der Waals surface area contributed by atoms with Gasteiger partial charge in [0, 0.05) is 36.2 Å². The van der Waals surface area contributed by atoms with Crippen LogP contribution in [0.3, 0.4) is 0 Å². The van der Waals surface area contributed by atoms with Crippen LogP contribution < -0.4 is 26.6 Å². The molecule has 0 saturated carbocycles. The Morgan fingerprint density at radius 1 is 0.603 bits per heavy atom. The van der Waals surface area contributed by atoms with Gasteiger partial charge in [-0.25, -0.2) is 9.59 Å². The normalized spacial score (nSPS) is 21.4. The third-order valence-electron chi connectivity index (χ3n) is 10.3. The number of nitrogens with one attached hydrogen (secondary N) is 5. The van der Waals surface area contributed by atoms with Crippen LogP contribution in [0.15, 0.2) is 121 Å². The molecule has 5 amide bonds. The van der Waals surface area contributed by atoms with Gasteiger partial charge in [0.15, 0.2) is 12.2 Å². The Morgan fingerprint density at radius 3 is 1.68 bits per heavy atom. The lowest BCUT2D eigenvalue weighted by molar-refractivity contribution is -0.145. The van der Waals surface area contributed by atoms with Gasteiger partial charge in [-0.1, -0.05) is 84.9 Å². The second-order valence-electron chi connectivity index (χ2n) is 14.8. The topological polar surface area (TPSA) is 250 Å². The third-order valence-corrected chi connectivity index (χ3v) is 11.2. The molecule has 0 unspecified atom stereocenters. The number of aliphatic hydroxyl groups is 2. The van der Waals surface area contributed by atoms with E-state index < -0.39 is 77.8 Å². The summed E-state index contributed by atoms with van der Waals surface area (Å²) in [5.74, 6) is -6.73. The Kier molecular flexibility index (Phi) is 15.1. The zero-order chi connectivity index (χ0) is 45.0. The number of aliphatic hydroxyl groups excluding tert-OH is 2. The van der Waals surface area contributed by atoms with Crippen molar-refractivity contribution < 1.29 is 53.6 Å². The monoisotopic (exact) mass is 875 g/mol. The van der Waals surface area contributed by atoms with Crippen LogP contribution in [0, 0.1) is 0 Å². The largest absolute Gasteiger partial charge is 0.480 e. The van der Waals surface area contributed by atoms with Crippen LogP contribution in [-0.4, -0.2) is 100 Å². The Balaban J connectivity index is 1.36. The van der Waals surface area contributed by atoms with Gasteiger partial charge in [-0.3, -0.25) is 24.0 Å². The van der Waals surface area contributed by atoms with Crippen molar-refractivity contribution >= 4 is 58.5 Å². The fourth-order valence-electron chi connectivity index (χ4n) is 6.83. The number of carbonyl (C=O) groups excluding carboxylic acids is 6. The molecule has 17 heteroatoms. The molecule has 2 aliphatic heterocycles. The lowest BCUT2D eigenvalue weighted by atomic mass is 9.98. The quantitative estimate of drug-likeness (QED) is 0.0788. The summed E-state index contributed by atoms with van der Waals surface area (Å²) in [6, 6.07) is 26.1. The highest BCUT2D eigenvalue weighted by atomic mass is 32.1. The number of methoxy groups -OCH3 is 1. The van der Waals surface area contributed by atoms with Gasteiger partial charge in [-0.15, -0.1) is 11.3 Å². The van der Waals surface area contributed by atoms with E-state index >= 15 is 0 Å². The van der Waals surface area contributed by atoms with Gasteiger partial charge in [-0.2, -0.15) is 0 Å². The summed E-state index contributed by atoms with van der Waals surface area (Å²) in [4.78, 5) is 94.2. The number of aliphatic carboxylic acids is 1. The van der Waals surface area contributed by atoms with E-state index in [0.29, 0.717) is 27.1 Å². The van der Waals surface area contributed by atoms with Crippen molar-refractivity contribution in [2.75, 3.05) is 12.4 Å². The first-order valence-corrected chi connectivity index (χ1v) is 20.7. The van der Waals surface area contributed by atoms with Crippen LogP contribution in [0.4, 0.5) is 5.69 Å². The summed E-state index contributed by atoms with van der Waals surface area (Å²) in [5, 5.41) is 46.2. The molecular weight excluding hydrogens is 831 g/mol. The average molecular weight is 876 g/mol. The fraction of sp³-hybridized carbons (Fsp3) is 0.239. The lowest BCUT2D eigenvalue weighted by Crippen LogP contribution is -2.60. The average Bonchev–Trinajstić information content (AvgIpc) is 3.81. The molecule has 0 fully saturated rings. The molecule has 7 rings (SSSR count). The number of fused-ring (bicyclic) bond motifs is 18. The van der Waals surface area contributed by atoms with Crippen molar-refractivity contribution in [2.24, 2.45) is 0 Å². The van der Waals surface area contributed by atoms with Crippen LogP contribution in [0.25, 0.3) is 11.1 Å². The van der Waals surface area contributed by atoms with Crippen LogP contribution in [0.5, 0.6) is 0 Å². The molecule has 326 valence electrons. The zero-order valence-corrected chi connectivity index (χ0v) is 34.7. The molecule has 1 aromatic heterocycles. The number of amides is 5. The number of ether oxygens (including phenoxy) is 1. The predicted octanol–water partition coefficient (Wildman–Crippen LogP) is 2.17. The smallest absolute Gasteiger partial charge is 0.337 e. The van der Waals surface area contributed by atoms with Crippen LogP contribution in [-0.2, 0) is 59.2 Å². The van der Waals surface area contributed by atoms with Gasteiger partial charge >= 0.3 is 11.9 Å². The minimum atomic E-state index is -2.32. The molecule has 4 aromatic carbocycles. The lowest BCUT2D eigenvalue weighted by Gasteiger charge is -2.27. The Morgan fingerprint density at radius 2 is 1.13 bits per heavy atom. The van der Waals surface area contributed by atoms with Gasteiger partial charge in [0.1, 0.15) is 24.2 Å². The van der Waals surface area contributed by atoms with Crippen molar-refractivity contribution in [1.29, 1.82) is 0 Å². The van der Waals surface area contributed by atoms with Crippen molar-refractivity contribution in [3.63, 3.8) is 0 Å². The summed E-state index contributed by atoms with van der Waals surface area (Å²) in [6.45, 7) is 0. The van der Waals surface area contributed by atoms with E-state index in [4.69, 9.17) is 4.74 Å². The summed E-state index contributed by atoms with van der Waals surface area (Å²) in [6.07, 6.45) is -5.08. The maximum Gasteiger partial charge on any atom is 0.337 e. The van der Waals surface area contributed by atoms with E-state index in [0.717, 1.165) is 11.1 Å². The highest BCUT2D eigenvalue weighted by molar-refractivity contribution is 7.09. The van der Waals surface area contributed by atoms with Gasteiger partial charge in [0.2, 0.25) is 17.7 Å². The molecule has 8 N–H and O–H groups in total. The summed E-state index contributed by atoms with van der Waals surface area (Å²) in [7, 11) is 1.29. The minimum Gasteiger partial charge on any atom is -0.480 e. The minimum absolute atomic E-state index is 0.0550. The first-order chi connectivity index (χ1) is 30.3. The first-order valence-electron chi connectivity index (χ1n) is 19.8. The maximum absolute atomic E-state index is 14.5. The van der Waals surface area contributed by atoms with E-state index in [2.05, 4.69) is 26.6 Å². The summed E-state index contributed by atoms with van der Waals surface area (Å²) in [5.41, 5.74) is 3.72. The maximum atomic E-state index is 14.5. The molecular formula is C46H45N5O11S. The molecule has 2 bridgehead atoms. The molecule has 6 atom stereocenters. The molecule has 3 heterocycles. The molecule has 63 heavy (non-hydrogen) atoms. The number of rotatable bonds is 9. The van der Waals surface area contributed by atoms with Crippen molar-refractivity contribution in [1.82, 2.24) is 21.3 Å². The first kappa shape index (κ1) is 45.3. The predicted molar refractivity (Wildman–Crippen MR) is 231 cm³/mol. The highest BCUT2D eigenvalue weighted by Crippen LogP contribution is 2.22. The number of benzene rings is 4. The number of carboxylic acid groups (broad SMARTS) is 1. The van der Waals surface area contributed by atoms with E-state index in [1.165, 1.54) is 42.7 Å². The van der Waals surface area contributed by atoms with Crippen molar-refractivity contribution in [2.45, 2.75) is 62.1 Å². The van der Waals surface area contributed by atoms with Crippen LogP contribution >= 0.6 is 11.3 Å². The van der Waals surface area contributed by atoms with E-state index in [1.807, 2.05) is 0 Å². The number of anilines is 1. The number of esters is 1. The molecule has 0 aliphatic carbocycles. The number of hydrogen-bond acceptors (Lipinski definition) is 11. The SMILES string of the molecule is COC(=O)c1ccc(-c2ccc(C[C@@H]3NC(=O)[C@@H](Cc4cccs4)NC(=O)[C@H](O)[C@@H](O)C(=O)Nc4ccc(cc4)C[C@@H](C(=O)O)NC(=O)[C@@H](Cc4ccccc4)NC3=O)cc2)cc1. The van der Waals surface area contributed by atoms with Crippen LogP contribution in [0.1, 0.15) is 31.9 Å². The van der Waals surface area contributed by atoms with Gasteiger partial charge in [-0.05, 0) is 63.5 Å². The molecule has 0 radical (unpaired) electrons. The number of carboxylic acids is 1. The molecule has 0 spiro atoms. The second kappa shape index (κ2) is 21.0. The second-order valence-corrected chi connectivity index (χ2v) is 15.8. The van der Waals surface area contributed by atoms with E-state index in [9.17, 15) is 48.9 Å². The van der Waals surface area contributed by atoms with Gasteiger partial charge in [0.25, 0.3) is 11.8 Å². The zero-order valence-electron chi connectivity index (χ0n) is 33.9. The summed E-state index contributed by atoms with van der Waals surface area (Å²) >= 11 is 1.27. The van der Waals surface area contributed by atoms with E-state index in [-0.39, 0.29) is 31.4 Å². The van der Waals surface area contributed by atoms with Gasteiger partial charge < -0.3 is 46.6 Å². The van der Waals surface area contributed by atoms with Crippen molar-refractivity contribution in [3.05, 3.63) is 148 Å². The summed E-state index contributed by atoms with van der Waals surface area (Å²) < 4.78 is 4.78. The fourth-order valence-corrected chi connectivity index (χ4v) is 7.58. The number of thiophene rings is 1.